The van der Waals surface area contributed by atoms with E-state index in [1.165, 1.54) is 11.3 Å². The summed E-state index contributed by atoms with van der Waals surface area (Å²) in [5, 5.41) is 0. The highest BCUT2D eigenvalue weighted by atomic mass is 32.1. The fourth-order valence-electron chi connectivity index (χ4n) is 1.72. The molecule has 106 valence electrons. The molecular formula is C15H17NO3S. The van der Waals surface area contributed by atoms with Gasteiger partial charge in [0.15, 0.2) is 0 Å². The summed E-state index contributed by atoms with van der Waals surface area (Å²) in [6, 6.07) is 9.42. The van der Waals surface area contributed by atoms with Gasteiger partial charge in [-0.3, -0.25) is 0 Å². The minimum atomic E-state index is -0.353. The van der Waals surface area contributed by atoms with Crippen molar-refractivity contribution in [3.8, 4) is 16.2 Å². The standard InChI is InChI=1S/C15H17NO3S/c1-3-8-19-15(17)14-12(16)9-13(20-14)10-4-6-11(18-2)7-5-10/h4-7,9H,3,8,16H2,1-2H3. The van der Waals surface area contributed by atoms with Crippen LogP contribution in [-0.2, 0) is 4.74 Å². The number of carbonyl (C=O) groups is 1. The van der Waals surface area contributed by atoms with Gasteiger partial charge in [-0.05, 0) is 42.3 Å². The lowest BCUT2D eigenvalue weighted by Crippen LogP contribution is -2.05. The number of nitrogen functional groups attached to an aromatic ring is 1. The van der Waals surface area contributed by atoms with E-state index >= 15 is 0 Å². The summed E-state index contributed by atoms with van der Waals surface area (Å²) in [7, 11) is 1.62. The monoisotopic (exact) mass is 291 g/mol. The highest BCUT2D eigenvalue weighted by Crippen LogP contribution is 2.34. The van der Waals surface area contributed by atoms with Gasteiger partial charge in [0.2, 0.25) is 0 Å². The first kappa shape index (κ1) is 14.4. The summed E-state index contributed by atoms with van der Waals surface area (Å²) in [6.45, 7) is 2.36. The molecule has 0 aliphatic rings. The van der Waals surface area contributed by atoms with E-state index in [1.54, 1.807) is 13.2 Å². The van der Waals surface area contributed by atoms with Crippen LogP contribution in [0.4, 0.5) is 5.69 Å². The zero-order chi connectivity index (χ0) is 14.5. The second kappa shape index (κ2) is 6.43. The number of hydrogen-bond acceptors (Lipinski definition) is 5. The summed E-state index contributed by atoms with van der Waals surface area (Å²) in [5.74, 6) is 0.440. The van der Waals surface area contributed by atoms with Crippen LogP contribution >= 0.6 is 11.3 Å². The van der Waals surface area contributed by atoms with Crippen molar-refractivity contribution in [2.45, 2.75) is 13.3 Å². The Bertz CT molecular complexity index is 590. The van der Waals surface area contributed by atoms with E-state index in [9.17, 15) is 4.79 Å². The molecule has 0 radical (unpaired) electrons. The molecule has 1 aromatic carbocycles. The molecule has 0 aliphatic carbocycles. The van der Waals surface area contributed by atoms with Crippen LogP contribution in [0.3, 0.4) is 0 Å². The molecule has 2 N–H and O–H groups in total. The zero-order valence-corrected chi connectivity index (χ0v) is 12.3. The summed E-state index contributed by atoms with van der Waals surface area (Å²) in [4.78, 5) is 13.3. The number of thiophene rings is 1. The maximum Gasteiger partial charge on any atom is 0.350 e. The Morgan fingerprint density at radius 2 is 2.00 bits per heavy atom. The first-order valence-corrected chi connectivity index (χ1v) is 7.18. The van der Waals surface area contributed by atoms with Gasteiger partial charge in [-0.1, -0.05) is 6.92 Å². The van der Waals surface area contributed by atoms with E-state index in [1.807, 2.05) is 31.2 Å². The molecular weight excluding hydrogens is 274 g/mol. The molecule has 1 heterocycles. The largest absolute Gasteiger partial charge is 0.497 e. The Labute approximate surface area is 122 Å². The molecule has 0 spiro atoms. The molecule has 0 fully saturated rings. The van der Waals surface area contributed by atoms with Crippen molar-refractivity contribution in [2.75, 3.05) is 19.5 Å². The molecule has 0 aliphatic heterocycles. The Morgan fingerprint density at radius 1 is 1.30 bits per heavy atom. The average molecular weight is 291 g/mol. The van der Waals surface area contributed by atoms with Gasteiger partial charge in [0.25, 0.3) is 0 Å². The second-order valence-corrected chi connectivity index (χ2v) is 5.31. The van der Waals surface area contributed by atoms with Gasteiger partial charge in [-0.15, -0.1) is 11.3 Å². The summed E-state index contributed by atoms with van der Waals surface area (Å²) >= 11 is 1.34. The molecule has 0 unspecified atom stereocenters. The van der Waals surface area contributed by atoms with Crippen LogP contribution < -0.4 is 10.5 Å². The number of esters is 1. The van der Waals surface area contributed by atoms with Gasteiger partial charge in [0, 0.05) is 4.88 Å². The third kappa shape index (κ3) is 3.11. The number of carbonyl (C=O) groups excluding carboxylic acids is 1. The molecule has 0 saturated carbocycles. The Hall–Kier alpha value is -2.01. The molecule has 2 rings (SSSR count). The van der Waals surface area contributed by atoms with Gasteiger partial charge >= 0.3 is 5.97 Å². The van der Waals surface area contributed by atoms with Gasteiger partial charge in [0.1, 0.15) is 10.6 Å². The quantitative estimate of drug-likeness (QED) is 0.855. The van der Waals surface area contributed by atoms with Crippen LogP contribution in [0.2, 0.25) is 0 Å². The third-order valence-corrected chi connectivity index (χ3v) is 3.94. The third-order valence-electron chi connectivity index (χ3n) is 2.76. The number of hydrogen-bond donors (Lipinski definition) is 1. The van der Waals surface area contributed by atoms with Gasteiger partial charge in [-0.2, -0.15) is 0 Å². The van der Waals surface area contributed by atoms with Crippen LogP contribution in [0, 0.1) is 0 Å². The molecule has 0 amide bonds. The molecule has 20 heavy (non-hydrogen) atoms. The number of methoxy groups -OCH3 is 1. The highest BCUT2D eigenvalue weighted by Gasteiger charge is 2.16. The second-order valence-electron chi connectivity index (χ2n) is 4.26. The predicted molar refractivity (Wildman–Crippen MR) is 81.3 cm³/mol. The fourth-order valence-corrected chi connectivity index (χ4v) is 2.70. The van der Waals surface area contributed by atoms with Crippen LogP contribution in [0.1, 0.15) is 23.0 Å². The number of anilines is 1. The molecule has 0 atom stereocenters. The zero-order valence-electron chi connectivity index (χ0n) is 11.5. The van der Waals surface area contributed by atoms with E-state index in [0.29, 0.717) is 17.2 Å². The number of benzene rings is 1. The maximum atomic E-state index is 11.9. The lowest BCUT2D eigenvalue weighted by atomic mass is 10.2. The molecule has 0 saturated heterocycles. The first-order chi connectivity index (χ1) is 9.65. The van der Waals surface area contributed by atoms with Crippen molar-refractivity contribution in [2.24, 2.45) is 0 Å². The van der Waals surface area contributed by atoms with Crippen molar-refractivity contribution >= 4 is 23.0 Å². The Balaban J connectivity index is 2.23. The fraction of sp³-hybridized carbons (Fsp3) is 0.267. The van der Waals surface area contributed by atoms with Gasteiger partial charge in [-0.25, -0.2) is 4.79 Å². The molecule has 1 aromatic heterocycles. The molecule has 4 nitrogen and oxygen atoms in total. The number of ether oxygens (including phenoxy) is 2. The van der Waals surface area contributed by atoms with Crippen molar-refractivity contribution < 1.29 is 14.3 Å². The van der Waals surface area contributed by atoms with Gasteiger partial charge < -0.3 is 15.2 Å². The lowest BCUT2D eigenvalue weighted by molar-refractivity contribution is 0.0512. The minimum absolute atomic E-state index is 0.353. The van der Waals surface area contributed by atoms with Crippen molar-refractivity contribution in [3.63, 3.8) is 0 Å². The maximum absolute atomic E-state index is 11.9. The van der Waals surface area contributed by atoms with E-state index in [2.05, 4.69) is 0 Å². The van der Waals surface area contributed by atoms with Crippen LogP contribution in [0.5, 0.6) is 5.75 Å². The number of nitrogens with two attached hydrogens (primary N) is 1. The summed E-state index contributed by atoms with van der Waals surface area (Å²) in [6.07, 6.45) is 0.794. The Morgan fingerprint density at radius 3 is 2.60 bits per heavy atom. The molecule has 5 heteroatoms. The normalized spacial score (nSPS) is 10.3. The summed E-state index contributed by atoms with van der Waals surface area (Å²) < 4.78 is 10.2. The Kier molecular flexibility index (Phi) is 4.63. The van der Waals surface area contributed by atoms with Crippen molar-refractivity contribution in [1.82, 2.24) is 0 Å². The lowest BCUT2D eigenvalue weighted by Gasteiger charge is -2.01. The summed E-state index contributed by atoms with van der Waals surface area (Å²) in [5.41, 5.74) is 7.35. The minimum Gasteiger partial charge on any atom is -0.497 e. The van der Waals surface area contributed by atoms with Crippen LogP contribution in [-0.4, -0.2) is 19.7 Å². The SMILES string of the molecule is CCCOC(=O)c1sc(-c2ccc(OC)cc2)cc1N. The molecule has 2 aromatic rings. The van der Waals surface area contributed by atoms with E-state index in [4.69, 9.17) is 15.2 Å². The number of rotatable bonds is 5. The van der Waals surface area contributed by atoms with E-state index in [-0.39, 0.29) is 5.97 Å². The highest BCUT2D eigenvalue weighted by molar-refractivity contribution is 7.18. The van der Waals surface area contributed by atoms with E-state index in [0.717, 1.165) is 22.6 Å². The average Bonchev–Trinajstić information content (AvgIpc) is 2.87. The van der Waals surface area contributed by atoms with Crippen molar-refractivity contribution in [3.05, 3.63) is 35.2 Å². The molecule has 0 bridgehead atoms. The van der Waals surface area contributed by atoms with E-state index < -0.39 is 0 Å². The predicted octanol–water partition coefficient (Wildman–Crippen LogP) is 3.57. The van der Waals surface area contributed by atoms with Crippen LogP contribution in [0.15, 0.2) is 30.3 Å². The van der Waals surface area contributed by atoms with Gasteiger partial charge in [0.05, 0.1) is 19.4 Å². The first-order valence-electron chi connectivity index (χ1n) is 6.36. The van der Waals surface area contributed by atoms with Crippen LogP contribution in [0.25, 0.3) is 10.4 Å². The smallest absolute Gasteiger partial charge is 0.350 e. The van der Waals surface area contributed by atoms with Crippen molar-refractivity contribution in [1.29, 1.82) is 0 Å². The topological polar surface area (TPSA) is 61.5 Å².